The normalized spacial score (nSPS) is 14.7. The fourth-order valence-corrected chi connectivity index (χ4v) is 1.84. The third-order valence-corrected chi connectivity index (χ3v) is 2.92. The second-order valence-electron chi connectivity index (χ2n) is 4.62. The molecule has 1 aliphatic carbocycles. The van der Waals surface area contributed by atoms with Crippen LogP contribution in [0.3, 0.4) is 0 Å². The van der Waals surface area contributed by atoms with Crippen LogP contribution in [0.1, 0.15) is 29.7 Å². The molecule has 1 heterocycles. The molecule has 1 aliphatic rings. The molecular weight excluding hydrogens is 212 g/mol. The summed E-state index contributed by atoms with van der Waals surface area (Å²) in [5, 5.41) is 3.50. The van der Waals surface area contributed by atoms with Gasteiger partial charge in [-0.05, 0) is 38.3 Å². The standard InChI is InChI=1S/C14H20N2O/c1-4-7-17-14-13(9-15-12-5-6-12)10(2)8-11(3)16-14/h4,8,12,15H,1,5-7,9H2,2-3H3. The summed E-state index contributed by atoms with van der Waals surface area (Å²) in [6.45, 7) is 9.12. The van der Waals surface area contributed by atoms with Gasteiger partial charge < -0.3 is 10.1 Å². The average molecular weight is 232 g/mol. The second kappa shape index (κ2) is 5.32. The van der Waals surface area contributed by atoms with Crippen molar-refractivity contribution in [2.24, 2.45) is 0 Å². The van der Waals surface area contributed by atoms with Gasteiger partial charge in [-0.25, -0.2) is 4.98 Å². The lowest BCUT2D eigenvalue weighted by molar-refractivity contribution is 0.342. The van der Waals surface area contributed by atoms with Crippen LogP contribution in [0.5, 0.6) is 5.88 Å². The van der Waals surface area contributed by atoms with E-state index in [-0.39, 0.29) is 0 Å². The van der Waals surface area contributed by atoms with Gasteiger partial charge in [-0.15, -0.1) is 0 Å². The molecule has 1 N–H and O–H groups in total. The first-order chi connectivity index (χ1) is 8.20. The van der Waals surface area contributed by atoms with Crippen molar-refractivity contribution in [2.75, 3.05) is 6.61 Å². The lowest BCUT2D eigenvalue weighted by Crippen LogP contribution is -2.17. The molecule has 92 valence electrons. The van der Waals surface area contributed by atoms with Crippen molar-refractivity contribution in [1.82, 2.24) is 10.3 Å². The molecule has 0 radical (unpaired) electrons. The van der Waals surface area contributed by atoms with Crippen LogP contribution in [0.2, 0.25) is 0 Å². The Morgan fingerprint density at radius 2 is 2.29 bits per heavy atom. The number of hydrogen-bond acceptors (Lipinski definition) is 3. The second-order valence-corrected chi connectivity index (χ2v) is 4.62. The van der Waals surface area contributed by atoms with Gasteiger partial charge in [0.25, 0.3) is 0 Å². The van der Waals surface area contributed by atoms with Crippen molar-refractivity contribution in [3.63, 3.8) is 0 Å². The number of nitrogens with one attached hydrogen (secondary N) is 1. The molecule has 0 aromatic carbocycles. The molecule has 0 amide bonds. The summed E-state index contributed by atoms with van der Waals surface area (Å²) in [5.41, 5.74) is 3.41. The highest BCUT2D eigenvalue weighted by Gasteiger charge is 2.21. The topological polar surface area (TPSA) is 34.1 Å². The Morgan fingerprint density at radius 3 is 2.94 bits per heavy atom. The Labute approximate surface area is 103 Å². The summed E-state index contributed by atoms with van der Waals surface area (Å²) in [7, 11) is 0. The summed E-state index contributed by atoms with van der Waals surface area (Å²) in [6, 6.07) is 2.80. The summed E-state index contributed by atoms with van der Waals surface area (Å²) in [6.07, 6.45) is 4.33. The maximum atomic E-state index is 5.63. The molecule has 1 fully saturated rings. The average Bonchev–Trinajstić information content (AvgIpc) is 3.08. The van der Waals surface area contributed by atoms with E-state index >= 15 is 0 Å². The smallest absolute Gasteiger partial charge is 0.218 e. The van der Waals surface area contributed by atoms with Gasteiger partial charge in [0.05, 0.1) is 0 Å². The zero-order valence-electron chi connectivity index (χ0n) is 10.6. The SMILES string of the molecule is C=CCOc1nc(C)cc(C)c1CNC1CC1. The molecule has 0 unspecified atom stereocenters. The molecule has 0 bridgehead atoms. The Bertz CT molecular complexity index is 411. The predicted molar refractivity (Wildman–Crippen MR) is 69.3 cm³/mol. The highest BCUT2D eigenvalue weighted by atomic mass is 16.5. The van der Waals surface area contributed by atoms with Crippen molar-refractivity contribution in [2.45, 2.75) is 39.3 Å². The van der Waals surface area contributed by atoms with Crippen molar-refractivity contribution < 1.29 is 4.74 Å². The molecule has 0 aliphatic heterocycles. The quantitative estimate of drug-likeness (QED) is 0.765. The third kappa shape index (κ3) is 3.30. The lowest BCUT2D eigenvalue weighted by atomic mass is 10.1. The first kappa shape index (κ1) is 12.1. The summed E-state index contributed by atoms with van der Waals surface area (Å²) < 4.78 is 5.63. The first-order valence-corrected chi connectivity index (χ1v) is 6.15. The zero-order valence-corrected chi connectivity index (χ0v) is 10.6. The molecule has 0 atom stereocenters. The molecule has 3 nitrogen and oxygen atoms in total. The summed E-state index contributed by atoms with van der Waals surface area (Å²) in [5.74, 6) is 0.746. The van der Waals surface area contributed by atoms with Gasteiger partial charge in [0.15, 0.2) is 0 Å². The minimum absolute atomic E-state index is 0.506. The van der Waals surface area contributed by atoms with Gasteiger partial charge in [-0.2, -0.15) is 0 Å². The van der Waals surface area contributed by atoms with E-state index in [1.807, 2.05) is 6.92 Å². The fourth-order valence-electron chi connectivity index (χ4n) is 1.84. The van der Waals surface area contributed by atoms with Crippen LogP contribution < -0.4 is 10.1 Å². The molecule has 17 heavy (non-hydrogen) atoms. The molecule has 1 saturated carbocycles. The van der Waals surface area contributed by atoms with Crippen LogP contribution in [0.4, 0.5) is 0 Å². The maximum absolute atomic E-state index is 5.63. The van der Waals surface area contributed by atoms with E-state index < -0.39 is 0 Å². The van der Waals surface area contributed by atoms with E-state index in [4.69, 9.17) is 4.74 Å². The highest BCUT2D eigenvalue weighted by molar-refractivity contribution is 5.36. The molecular formula is C14H20N2O. The molecule has 1 aromatic heterocycles. The Kier molecular flexibility index (Phi) is 3.79. The van der Waals surface area contributed by atoms with Crippen molar-refractivity contribution >= 4 is 0 Å². The minimum Gasteiger partial charge on any atom is -0.473 e. The van der Waals surface area contributed by atoms with E-state index in [1.54, 1.807) is 6.08 Å². The van der Waals surface area contributed by atoms with Gasteiger partial charge in [0.2, 0.25) is 5.88 Å². The number of nitrogens with zero attached hydrogens (tertiary/aromatic N) is 1. The van der Waals surface area contributed by atoms with Crippen molar-refractivity contribution in [3.05, 3.63) is 35.5 Å². The molecule has 0 spiro atoms. The van der Waals surface area contributed by atoms with Crippen LogP contribution in [0, 0.1) is 13.8 Å². The maximum Gasteiger partial charge on any atom is 0.218 e. The van der Waals surface area contributed by atoms with Crippen LogP contribution in [0.15, 0.2) is 18.7 Å². The number of aromatic nitrogens is 1. The van der Waals surface area contributed by atoms with Crippen LogP contribution in [0.25, 0.3) is 0 Å². The molecule has 0 saturated heterocycles. The van der Waals surface area contributed by atoms with E-state index in [2.05, 4.69) is 29.9 Å². The lowest BCUT2D eigenvalue weighted by Gasteiger charge is -2.13. The highest BCUT2D eigenvalue weighted by Crippen LogP contribution is 2.24. The van der Waals surface area contributed by atoms with Crippen LogP contribution >= 0.6 is 0 Å². The van der Waals surface area contributed by atoms with Gasteiger partial charge >= 0.3 is 0 Å². The number of aryl methyl sites for hydroxylation is 2. The van der Waals surface area contributed by atoms with E-state index in [1.165, 1.54) is 24.0 Å². The molecule has 1 aromatic rings. The van der Waals surface area contributed by atoms with Crippen LogP contribution in [-0.4, -0.2) is 17.6 Å². The Hall–Kier alpha value is -1.35. The minimum atomic E-state index is 0.506. The Morgan fingerprint density at radius 1 is 1.53 bits per heavy atom. The Balaban J connectivity index is 2.15. The van der Waals surface area contributed by atoms with E-state index in [9.17, 15) is 0 Å². The zero-order chi connectivity index (χ0) is 12.3. The summed E-state index contributed by atoms with van der Waals surface area (Å²) >= 11 is 0. The van der Waals surface area contributed by atoms with Gasteiger partial charge in [0.1, 0.15) is 6.61 Å². The van der Waals surface area contributed by atoms with Gasteiger partial charge in [0, 0.05) is 23.8 Å². The summed E-state index contributed by atoms with van der Waals surface area (Å²) in [4.78, 5) is 4.46. The van der Waals surface area contributed by atoms with Gasteiger partial charge in [-0.1, -0.05) is 12.7 Å². The number of hydrogen-bond donors (Lipinski definition) is 1. The van der Waals surface area contributed by atoms with Crippen molar-refractivity contribution in [1.29, 1.82) is 0 Å². The monoisotopic (exact) mass is 232 g/mol. The third-order valence-electron chi connectivity index (χ3n) is 2.92. The van der Waals surface area contributed by atoms with Crippen LogP contribution in [-0.2, 0) is 6.54 Å². The fraction of sp³-hybridized carbons (Fsp3) is 0.500. The van der Waals surface area contributed by atoms with Crippen molar-refractivity contribution in [3.8, 4) is 5.88 Å². The first-order valence-electron chi connectivity index (χ1n) is 6.15. The van der Waals surface area contributed by atoms with E-state index in [0.717, 1.165) is 18.1 Å². The van der Waals surface area contributed by atoms with E-state index in [0.29, 0.717) is 12.6 Å². The largest absolute Gasteiger partial charge is 0.473 e. The molecule has 3 heteroatoms. The van der Waals surface area contributed by atoms with Gasteiger partial charge in [-0.3, -0.25) is 0 Å². The predicted octanol–water partition coefficient (Wildman–Crippen LogP) is 2.52. The molecule has 2 rings (SSSR count). The number of pyridine rings is 1. The number of rotatable bonds is 6. The number of ether oxygens (including phenoxy) is 1.